The molecule has 16 heavy (non-hydrogen) atoms. The average Bonchev–Trinajstić information content (AvgIpc) is 2.24. The Hall–Kier alpha value is -0.430. The van der Waals surface area contributed by atoms with Gasteiger partial charge < -0.3 is 10.1 Å². The number of nitrogens with one attached hydrogen (secondary N) is 1. The molecule has 0 saturated carbocycles. The number of anilines is 1. The van der Waals surface area contributed by atoms with E-state index in [4.69, 9.17) is 4.74 Å². The maximum Gasteiger partial charge on any atom is 0.143 e. The van der Waals surface area contributed by atoms with Crippen molar-refractivity contribution in [1.29, 1.82) is 0 Å². The summed E-state index contributed by atoms with van der Waals surface area (Å²) in [5.41, 5.74) is 0.956. The van der Waals surface area contributed by atoms with Gasteiger partial charge in [0.25, 0.3) is 0 Å². The Morgan fingerprint density at radius 1 is 1.38 bits per heavy atom. The summed E-state index contributed by atoms with van der Waals surface area (Å²) in [4.78, 5) is 9.04. The van der Waals surface area contributed by atoms with E-state index in [0.717, 1.165) is 27.5 Å². The molecule has 0 aliphatic heterocycles. The zero-order chi connectivity index (χ0) is 12.1. The van der Waals surface area contributed by atoms with Gasteiger partial charge in [-0.05, 0) is 29.5 Å². The standard InChI is InChI=1S/C11H18IN3O/c1-5-13-11-9(12)8(6-16-4)14-10(15-11)7(2)3/h7H,5-6H2,1-4H3,(H,13,14,15). The first-order chi connectivity index (χ1) is 7.60. The SMILES string of the molecule is CCNc1nc(C(C)C)nc(COC)c1I. The lowest BCUT2D eigenvalue weighted by atomic mass is 10.2. The topological polar surface area (TPSA) is 47.0 Å². The zero-order valence-corrected chi connectivity index (χ0v) is 12.3. The molecule has 0 aromatic carbocycles. The summed E-state index contributed by atoms with van der Waals surface area (Å²) >= 11 is 2.26. The molecular formula is C11H18IN3O. The lowest BCUT2D eigenvalue weighted by molar-refractivity contribution is 0.180. The van der Waals surface area contributed by atoms with E-state index in [1.54, 1.807) is 7.11 Å². The highest BCUT2D eigenvalue weighted by Gasteiger charge is 2.13. The quantitative estimate of drug-likeness (QED) is 0.841. The molecule has 1 aromatic heterocycles. The van der Waals surface area contributed by atoms with Gasteiger partial charge >= 0.3 is 0 Å². The minimum atomic E-state index is 0.324. The van der Waals surface area contributed by atoms with Crippen LogP contribution in [0.25, 0.3) is 0 Å². The molecule has 5 heteroatoms. The fourth-order valence-corrected chi connectivity index (χ4v) is 1.88. The van der Waals surface area contributed by atoms with Gasteiger partial charge in [-0.25, -0.2) is 9.97 Å². The summed E-state index contributed by atoms with van der Waals surface area (Å²) < 4.78 is 6.20. The highest BCUT2D eigenvalue weighted by Crippen LogP contribution is 2.22. The molecule has 90 valence electrons. The minimum absolute atomic E-state index is 0.324. The molecule has 4 nitrogen and oxygen atoms in total. The van der Waals surface area contributed by atoms with Crippen LogP contribution in [0.5, 0.6) is 0 Å². The van der Waals surface area contributed by atoms with Crippen LogP contribution >= 0.6 is 22.6 Å². The van der Waals surface area contributed by atoms with Crippen LogP contribution in [0.1, 0.15) is 38.2 Å². The van der Waals surface area contributed by atoms with Crippen LogP contribution in [0.4, 0.5) is 5.82 Å². The van der Waals surface area contributed by atoms with Crippen molar-refractivity contribution in [3.05, 3.63) is 15.1 Å². The van der Waals surface area contributed by atoms with Gasteiger partial charge in [-0.15, -0.1) is 0 Å². The summed E-state index contributed by atoms with van der Waals surface area (Å²) in [5, 5.41) is 3.26. The number of nitrogens with zero attached hydrogens (tertiary/aromatic N) is 2. The third kappa shape index (κ3) is 3.28. The van der Waals surface area contributed by atoms with Crippen LogP contribution in [-0.4, -0.2) is 23.6 Å². The van der Waals surface area contributed by atoms with Crippen LogP contribution in [0, 0.1) is 3.57 Å². The lowest BCUT2D eigenvalue weighted by Crippen LogP contribution is -2.11. The minimum Gasteiger partial charge on any atom is -0.378 e. The Kier molecular flexibility index (Phi) is 5.40. The molecule has 0 aliphatic carbocycles. The second kappa shape index (κ2) is 6.34. The normalized spacial score (nSPS) is 10.9. The van der Waals surface area contributed by atoms with Gasteiger partial charge in [0, 0.05) is 19.6 Å². The molecular weight excluding hydrogens is 317 g/mol. The Morgan fingerprint density at radius 2 is 2.06 bits per heavy atom. The Morgan fingerprint density at radius 3 is 2.56 bits per heavy atom. The fraction of sp³-hybridized carbons (Fsp3) is 0.636. The van der Waals surface area contributed by atoms with Gasteiger partial charge in [-0.3, -0.25) is 0 Å². The molecule has 1 heterocycles. The number of halogens is 1. The molecule has 0 spiro atoms. The Labute approximate surface area is 110 Å². The number of methoxy groups -OCH3 is 1. The second-order valence-corrected chi connectivity index (χ2v) is 4.89. The number of ether oxygens (including phenoxy) is 1. The van der Waals surface area contributed by atoms with Gasteiger partial charge in [0.05, 0.1) is 15.9 Å². The van der Waals surface area contributed by atoms with Gasteiger partial charge in [-0.1, -0.05) is 13.8 Å². The molecule has 0 fully saturated rings. The monoisotopic (exact) mass is 335 g/mol. The van der Waals surface area contributed by atoms with Crippen LogP contribution in [-0.2, 0) is 11.3 Å². The van der Waals surface area contributed by atoms with E-state index in [0.29, 0.717) is 12.5 Å². The Balaban J connectivity index is 3.16. The van der Waals surface area contributed by atoms with E-state index in [1.807, 2.05) is 0 Å². The lowest BCUT2D eigenvalue weighted by Gasteiger charge is -2.13. The maximum atomic E-state index is 5.15. The van der Waals surface area contributed by atoms with Crippen LogP contribution in [0.3, 0.4) is 0 Å². The molecule has 0 bridgehead atoms. The van der Waals surface area contributed by atoms with Crippen molar-refractivity contribution in [3.63, 3.8) is 0 Å². The predicted octanol–water partition coefficient (Wildman–Crippen LogP) is 2.78. The van der Waals surface area contributed by atoms with Crippen LogP contribution in [0.2, 0.25) is 0 Å². The summed E-state index contributed by atoms with van der Waals surface area (Å²) in [6.07, 6.45) is 0. The molecule has 0 saturated heterocycles. The molecule has 0 atom stereocenters. The van der Waals surface area contributed by atoms with Gasteiger partial charge in [0.1, 0.15) is 11.6 Å². The smallest absolute Gasteiger partial charge is 0.143 e. The third-order valence-corrected chi connectivity index (χ3v) is 3.21. The van der Waals surface area contributed by atoms with Crippen molar-refractivity contribution in [2.75, 3.05) is 19.0 Å². The average molecular weight is 335 g/mol. The van der Waals surface area contributed by atoms with E-state index in [2.05, 4.69) is 58.6 Å². The molecule has 0 amide bonds. The molecule has 0 aliphatic rings. The van der Waals surface area contributed by atoms with Crippen molar-refractivity contribution in [2.24, 2.45) is 0 Å². The maximum absolute atomic E-state index is 5.15. The largest absolute Gasteiger partial charge is 0.378 e. The first-order valence-corrected chi connectivity index (χ1v) is 6.47. The molecule has 1 aromatic rings. The van der Waals surface area contributed by atoms with E-state index in [1.165, 1.54) is 0 Å². The second-order valence-electron chi connectivity index (χ2n) is 3.81. The molecule has 0 unspecified atom stereocenters. The number of aromatic nitrogens is 2. The van der Waals surface area contributed by atoms with Gasteiger partial charge in [-0.2, -0.15) is 0 Å². The van der Waals surface area contributed by atoms with Crippen molar-refractivity contribution in [3.8, 4) is 0 Å². The Bertz CT molecular complexity index is 328. The first kappa shape index (κ1) is 13.6. The van der Waals surface area contributed by atoms with Crippen molar-refractivity contribution in [1.82, 2.24) is 9.97 Å². The summed E-state index contributed by atoms with van der Waals surface area (Å²) in [6.45, 7) is 7.63. The van der Waals surface area contributed by atoms with E-state index in [-0.39, 0.29) is 0 Å². The highest BCUT2D eigenvalue weighted by molar-refractivity contribution is 14.1. The van der Waals surface area contributed by atoms with Crippen molar-refractivity contribution < 1.29 is 4.74 Å². The third-order valence-electron chi connectivity index (χ3n) is 2.08. The predicted molar refractivity (Wildman–Crippen MR) is 73.7 cm³/mol. The van der Waals surface area contributed by atoms with Gasteiger partial charge in [0.2, 0.25) is 0 Å². The summed E-state index contributed by atoms with van der Waals surface area (Å²) in [7, 11) is 1.68. The van der Waals surface area contributed by atoms with Crippen LogP contribution in [0.15, 0.2) is 0 Å². The van der Waals surface area contributed by atoms with Crippen molar-refractivity contribution in [2.45, 2.75) is 33.3 Å². The summed E-state index contributed by atoms with van der Waals surface area (Å²) in [5.74, 6) is 2.10. The number of hydrogen-bond acceptors (Lipinski definition) is 4. The number of rotatable bonds is 5. The van der Waals surface area contributed by atoms with Crippen LogP contribution < -0.4 is 5.32 Å². The first-order valence-electron chi connectivity index (χ1n) is 5.39. The molecule has 1 rings (SSSR count). The van der Waals surface area contributed by atoms with E-state index >= 15 is 0 Å². The van der Waals surface area contributed by atoms with E-state index < -0.39 is 0 Å². The molecule has 1 N–H and O–H groups in total. The highest BCUT2D eigenvalue weighted by atomic mass is 127. The summed E-state index contributed by atoms with van der Waals surface area (Å²) in [6, 6.07) is 0. The van der Waals surface area contributed by atoms with Gasteiger partial charge in [0.15, 0.2) is 0 Å². The zero-order valence-electron chi connectivity index (χ0n) is 10.2. The fourth-order valence-electron chi connectivity index (χ4n) is 1.29. The van der Waals surface area contributed by atoms with Crippen molar-refractivity contribution >= 4 is 28.4 Å². The van der Waals surface area contributed by atoms with E-state index in [9.17, 15) is 0 Å². The molecule has 0 radical (unpaired) electrons. The number of hydrogen-bond donors (Lipinski definition) is 1.